The number of nitrogens with zero attached hydrogens (tertiary/aromatic N) is 1. The molecule has 1 aromatic rings. The van der Waals surface area contributed by atoms with Gasteiger partial charge in [-0.1, -0.05) is 12.1 Å². The number of anilines is 1. The van der Waals surface area contributed by atoms with Crippen molar-refractivity contribution in [3.8, 4) is 6.07 Å². The fraction of sp³-hybridized carbons (Fsp3) is 0.467. The number of nitrogens with one attached hydrogen (secondary N) is 2. The van der Waals surface area contributed by atoms with Crippen molar-refractivity contribution < 1.29 is 4.79 Å². The van der Waals surface area contributed by atoms with Crippen LogP contribution in [0, 0.1) is 11.3 Å². The average Bonchev–Trinajstić information content (AvgIpc) is 2.93. The summed E-state index contributed by atoms with van der Waals surface area (Å²) in [5, 5.41) is 15.1. The summed E-state index contributed by atoms with van der Waals surface area (Å²) < 4.78 is 0. The van der Waals surface area contributed by atoms with Crippen LogP contribution in [0.2, 0.25) is 0 Å². The number of carbonyl (C=O) groups excluding carboxylic acids is 1. The standard InChI is InChI=1S/C15H19N3O/c1-15(2,10-16)11-5-7-12(8-6-11)18-14(19)13-4-3-9-17-13/h5-8,13,17H,3-4,9H2,1-2H3,(H,18,19)/t13-/m1/s1. The molecule has 1 fully saturated rings. The van der Waals surface area contributed by atoms with Crippen LogP contribution in [0.5, 0.6) is 0 Å². The van der Waals surface area contributed by atoms with Gasteiger partial charge in [0.05, 0.1) is 17.5 Å². The van der Waals surface area contributed by atoms with Gasteiger partial charge < -0.3 is 10.6 Å². The molecule has 19 heavy (non-hydrogen) atoms. The smallest absolute Gasteiger partial charge is 0.241 e. The zero-order valence-corrected chi connectivity index (χ0v) is 11.4. The van der Waals surface area contributed by atoms with Crippen LogP contribution >= 0.6 is 0 Å². The second kappa shape index (κ2) is 5.41. The van der Waals surface area contributed by atoms with Crippen LogP contribution < -0.4 is 10.6 Å². The molecule has 1 saturated heterocycles. The molecular weight excluding hydrogens is 238 g/mol. The Morgan fingerprint density at radius 2 is 2.11 bits per heavy atom. The van der Waals surface area contributed by atoms with E-state index in [2.05, 4.69) is 16.7 Å². The van der Waals surface area contributed by atoms with Gasteiger partial charge in [0.15, 0.2) is 0 Å². The summed E-state index contributed by atoms with van der Waals surface area (Å²) in [5.41, 5.74) is 1.22. The predicted molar refractivity (Wildman–Crippen MR) is 74.7 cm³/mol. The summed E-state index contributed by atoms with van der Waals surface area (Å²) in [6, 6.07) is 9.67. The van der Waals surface area contributed by atoms with Gasteiger partial charge in [0, 0.05) is 5.69 Å². The minimum absolute atomic E-state index is 0.0183. The van der Waals surface area contributed by atoms with Gasteiger partial charge in [0.25, 0.3) is 0 Å². The second-order valence-electron chi connectivity index (χ2n) is 5.45. The minimum atomic E-state index is -0.504. The van der Waals surface area contributed by atoms with Gasteiger partial charge in [-0.2, -0.15) is 5.26 Å². The summed E-state index contributed by atoms with van der Waals surface area (Å²) >= 11 is 0. The normalized spacial score (nSPS) is 18.9. The van der Waals surface area contributed by atoms with Gasteiger partial charge in [0.1, 0.15) is 0 Å². The third-order valence-electron chi connectivity index (χ3n) is 3.53. The van der Waals surface area contributed by atoms with Crippen molar-refractivity contribution in [2.75, 3.05) is 11.9 Å². The molecule has 0 aromatic heterocycles. The maximum atomic E-state index is 11.9. The van der Waals surface area contributed by atoms with Crippen molar-refractivity contribution in [3.63, 3.8) is 0 Å². The van der Waals surface area contributed by atoms with E-state index in [0.717, 1.165) is 30.6 Å². The maximum Gasteiger partial charge on any atom is 0.241 e. The lowest BCUT2D eigenvalue weighted by Gasteiger charge is -2.16. The molecule has 0 unspecified atom stereocenters. The number of hydrogen-bond donors (Lipinski definition) is 2. The highest BCUT2D eigenvalue weighted by molar-refractivity contribution is 5.95. The van der Waals surface area contributed by atoms with Gasteiger partial charge in [-0.3, -0.25) is 4.79 Å². The Balaban J connectivity index is 2.03. The first-order valence-electron chi connectivity index (χ1n) is 6.59. The third-order valence-corrected chi connectivity index (χ3v) is 3.53. The van der Waals surface area contributed by atoms with Gasteiger partial charge in [-0.15, -0.1) is 0 Å². The van der Waals surface area contributed by atoms with Crippen molar-refractivity contribution in [2.24, 2.45) is 0 Å². The molecule has 0 saturated carbocycles. The molecule has 0 bridgehead atoms. The molecule has 1 aromatic carbocycles. The average molecular weight is 257 g/mol. The zero-order valence-electron chi connectivity index (χ0n) is 11.4. The zero-order chi connectivity index (χ0) is 13.9. The van der Waals surface area contributed by atoms with E-state index in [-0.39, 0.29) is 11.9 Å². The minimum Gasteiger partial charge on any atom is -0.325 e. The fourth-order valence-corrected chi connectivity index (χ4v) is 2.17. The lowest BCUT2D eigenvalue weighted by Crippen LogP contribution is -2.35. The van der Waals surface area contributed by atoms with Crippen molar-refractivity contribution in [1.82, 2.24) is 5.32 Å². The number of benzene rings is 1. The first-order valence-corrected chi connectivity index (χ1v) is 6.59. The van der Waals surface area contributed by atoms with Gasteiger partial charge in [0.2, 0.25) is 5.91 Å². The van der Waals surface area contributed by atoms with E-state index >= 15 is 0 Å². The summed E-state index contributed by atoms with van der Waals surface area (Å²) in [5.74, 6) is 0.0183. The molecule has 4 heteroatoms. The molecule has 4 nitrogen and oxygen atoms in total. The Morgan fingerprint density at radius 3 is 2.63 bits per heavy atom. The van der Waals surface area contributed by atoms with E-state index < -0.39 is 5.41 Å². The number of nitriles is 1. The SMILES string of the molecule is CC(C)(C#N)c1ccc(NC(=O)[C@H]2CCCN2)cc1. The van der Waals surface area contributed by atoms with E-state index in [1.807, 2.05) is 38.1 Å². The summed E-state index contributed by atoms with van der Waals surface area (Å²) in [7, 11) is 0. The van der Waals surface area contributed by atoms with Gasteiger partial charge in [-0.25, -0.2) is 0 Å². The molecule has 100 valence electrons. The Morgan fingerprint density at radius 1 is 1.42 bits per heavy atom. The summed E-state index contributed by atoms with van der Waals surface area (Å²) in [6.07, 6.45) is 1.94. The molecule has 1 aliphatic heterocycles. The van der Waals surface area contributed by atoms with Crippen LogP contribution in [-0.4, -0.2) is 18.5 Å². The van der Waals surface area contributed by atoms with Crippen molar-refractivity contribution in [3.05, 3.63) is 29.8 Å². The predicted octanol–water partition coefficient (Wildman–Crippen LogP) is 2.18. The van der Waals surface area contributed by atoms with Crippen LogP contribution in [0.1, 0.15) is 32.3 Å². The first-order chi connectivity index (χ1) is 9.03. The van der Waals surface area contributed by atoms with E-state index in [4.69, 9.17) is 5.26 Å². The van der Waals surface area contributed by atoms with Crippen molar-refractivity contribution >= 4 is 11.6 Å². The van der Waals surface area contributed by atoms with Crippen LogP contribution in [0.25, 0.3) is 0 Å². The Bertz CT molecular complexity index is 493. The third kappa shape index (κ3) is 3.12. The maximum absolute atomic E-state index is 11.9. The Labute approximate surface area is 113 Å². The molecule has 0 aliphatic carbocycles. The lowest BCUT2D eigenvalue weighted by atomic mass is 9.86. The number of rotatable bonds is 3. The summed E-state index contributed by atoms with van der Waals surface area (Å²) in [4.78, 5) is 11.9. The molecule has 2 rings (SSSR count). The number of hydrogen-bond acceptors (Lipinski definition) is 3. The highest BCUT2D eigenvalue weighted by Crippen LogP contribution is 2.23. The molecule has 1 amide bonds. The van der Waals surface area contributed by atoms with Crippen LogP contribution in [-0.2, 0) is 10.2 Å². The van der Waals surface area contributed by atoms with Crippen LogP contribution in [0.4, 0.5) is 5.69 Å². The second-order valence-corrected chi connectivity index (χ2v) is 5.45. The molecule has 2 N–H and O–H groups in total. The van der Waals surface area contributed by atoms with E-state index in [1.165, 1.54) is 0 Å². The van der Waals surface area contributed by atoms with E-state index in [1.54, 1.807) is 0 Å². The topological polar surface area (TPSA) is 64.9 Å². The van der Waals surface area contributed by atoms with Crippen molar-refractivity contribution in [2.45, 2.75) is 38.1 Å². The number of amides is 1. The molecule has 0 spiro atoms. The molecule has 1 atom stereocenters. The van der Waals surface area contributed by atoms with Crippen LogP contribution in [0.3, 0.4) is 0 Å². The van der Waals surface area contributed by atoms with Crippen LogP contribution in [0.15, 0.2) is 24.3 Å². The summed E-state index contributed by atoms with van der Waals surface area (Å²) in [6.45, 7) is 4.67. The molecule has 1 aliphatic rings. The van der Waals surface area contributed by atoms with Gasteiger partial charge >= 0.3 is 0 Å². The van der Waals surface area contributed by atoms with E-state index in [0.29, 0.717) is 0 Å². The lowest BCUT2D eigenvalue weighted by molar-refractivity contribution is -0.117. The fourth-order valence-electron chi connectivity index (χ4n) is 2.17. The van der Waals surface area contributed by atoms with Gasteiger partial charge in [-0.05, 0) is 50.9 Å². The number of carbonyl (C=O) groups is 1. The quantitative estimate of drug-likeness (QED) is 0.872. The largest absolute Gasteiger partial charge is 0.325 e. The highest BCUT2D eigenvalue weighted by Gasteiger charge is 2.22. The Hall–Kier alpha value is -1.86. The van der Waals surface area contributed by atoms with Crippen molar-refractivity contribution in [1.29, 1.82) is 5.26 Å². The van der Waals surface area contributed by atoms with E-state index in [9.17, 15) is 4.79 Å². The Kier molecular flexibility index (Phi) is 3.87. The highest BCUT2D eigenvalue weighted by atomic mass is 16.2. The first kappa shape index (κ1) is 13.6. The molecule has 1 heterocycles. The molecular formula is C15H19N3O. The molecule has 0 radical (unpaired) electrons. The monoisotopic (exact) mass is 257 g/mol.